The van der Waals surface area contributed by atoms with E-state index in [1.54, 1.807) is 23.3 Å². The van der Waals surface area contributed by atoms with Crippen molar-refractivity contribution in [2.24, 2.45) is 0 Å². The monoisotopic (exact) mass is 225 g/mol. The molecule has 0 saturated carbocycles. The van der Waals surface area contributed by atoms with Crippen LogP contribution in [0.2, 0.25) is 0 Å². The zero-order valence-corrected chi connectivity index (χ0v) is 10.1. The minimum Gasteiger partial charge on any atom is -0.340 e. The van der Waals surface area contributed by atoms with Crippen LogP contribution in [0.1, 0.15) is 23.8 Å². The molecule has 0 fully saturated rings. The second kappa shape index (κ2) is 5.07. The van der Waals surface area contributed by atoms with Crippen molar-refractivity contribution in [3.8, 4) is 0 Å². The molecule has 4 heteroatoms. The summed E-state index contributed by atoms with van der Waals surface area (Å²) in [6.45, 7) is 4.05. The van der Waals surface area contributed by atoms with Crippen LogP contribution in [0.25, 0.3) is 0 Å². The van der Waals surface area contributed by atoms with Crippen LogP contribution >= 0.6 is 11.3 Å². The van der Waals surface area contributed by atoms with Gasteiger partial charge in [-0.05, 0) is 30.9 Å². The van der Waals surface area contributed by atoms with Crippen molar-refractivity contribution >= 4 is 23.0 Å². The molecule has 1 heterocycles. The van der Waals surface area contributed by atoms with Crippen molar-refractivity contribution in [2.75, 3.05) is 7.05 Å². The molecule has 15 heavy (non-hydrogen) atoms. The summed E-state index contributed by atoms with van der Waals surface area (Å²) in [5.41, 5.74) is 1.20. The molecule has 0 radical (unpaired) electrons. The second-order valence-corrected chi connectivity index (χ2v) is 4.66. The normalized spacial score (nSPS) is 10.1. The van der Waals surface area contributed by atoms with Gasteiger partial charge in [0.1, 0.15) is 5.78 Å². The van der Waals surface area contributed by atoms with E-state index in [2.05, 4.69) is 0 Å². The van der Waals surface area contributed by atoms with E-state index in [0.717, 1.165) is 0 Å². The molecule has 82 valence electrons. The number of ketones is 1. The lowest BCUT2D eigenvalue weighted by Crippen LogP contribution is -2.27. The van der Waals surface area contributed by atoms with Gasteiger partial charge in [-0.15, -0.1) is 11.3 Å². The molecule has 0 bridgehead atoms. The lowest BCUT2D eigenvalue weighted by atomic mass is 10.2. The molecule has 1 aromatic heterocycles. The van der Waals surface area contributed by atoms with E-state index in [1.165, 1.54) is 17.4 Å². The Labute approximate surface area is 93.7 Å². The van der Waals surface area contributed by atoms with Crippen molar-refractivity contribution in [2.45, 2.75) is 26.8 Å². The van der Waals surface area contributed by atoms with Gasteiger partial charge >= 0.3 is 0 Å². The summed E-state index contributed by atoms with van der Waals surface area (Å²) >= 11 is 1.64. The topological polar surface area (TPSA) is 37.4 Å². The van der Waals surface area contributed by atoms with Crippen LogP contribution in [0.3, 0.4) is 0 Å². The number of thiophene rings is 1. The maximum Gasteiger partial charge on any atom is 0.230 e. The Hall–Kier alpha value is -1.16. The zero-order chi connectivity index (χ0) is 11.4. The van der Waals surface area contributed by atoms with E-state index in [1.807, 2.05) is 18.4 Å². The predicted octanol–water partition coefficient (Wildman–Crippen LogP) is 1.99. The Morgan fingerprint density at radius 2 is 2.13 bits per heavy atom. The molecule has 0 atom stereocenters. The van der Waals surface area contributed by atoms with Crippen LogP contribution in [0, 0.1) is 6.92 Å². The van der Waals surface area contributed by atoms with Crippen molar-refractivity contribution in [1.29, 1.82) is 0 Å². The van der Waals surface area contributed by atoms with E-state index >= 15 is 0 Å². The number of hydrogen-bond donors (Lipinski definition) is 0. The van der Waals surface area contributed by atoms with Gasteiger partial charge in [0.2, 0.25) is 5.91 Å². The first kappa shape index (κ1) is 11.9. The highest BCUT2D eigenvalue weighted by molar-refractivity contribution is 7.10. The number of carbonyl (C=O) groups excluding carboxylic acids is 2. The van der Waals surface area contributed by atoms with E-state index in [9.17, 15) is 9.59 Å². The fourth-order valence-corrected chi connectivity index (χ4v) is 2.18. The summed E-state index contributed by atoms with van der Waals surface area (Å²) in [6, 6.07) is 2.03. The molecule has 0 N–H and O–H groups in total. The number of hydrogen-bond acceptors (Lipinski definition) is 3. The third-order valence-corrected chi connectivity index (χ3v) is 3.18. The quantitative estimate of drug-likeness (QED) is 0.735. The largest absolute Gasteiger partial charge is 0.340 e. The Morgan fingerprint density at radius 3 is 2.60 bits per heavy atom. The fraction of sp³-hybridized carbons (Fsp3) is 0.455. The van der Waals surface area contributed by atoms with Gasteiger partial charge in [-0.25, -0.2) is 0 Å². The van der Waals surface area contributed by atoms with Crippen LogP contribution in [0.15, 0.2) is 11.4 Å². The average molecular weight is 225 g/mol. The van der Waals surface area contributed by atoms with Crippen LogP contribution in [0.5, 0.6) is 0 Å². The molecule has 0 saturated heterocycles. The van der Waals surface area contributed by atoms with Crippen LogP contribution in [-0.2, 0) is 16.1 Å². The fourth-order valence-electron chi connectivity index (χ4n) is 1.22. The first-order valence-corrected chi connectivity index (χ1v) is 5.65. The Bertz CT molecular complexity index is 370. The van der Waals surface area contributed by atoms with Gasteiger partial charge in [-0.3, -0.25) is 9.59 Å². The van der Waals surface area contributed by atoms with Crippen molar-refractivity contribution < 1.29 is 9.59 Å². The molecule has 3 nitrogen and oxygen atoms in total. The Balaban J connectivity index is 2.56. The molecule has 0 aliphatic heterocycles. The number of amides is 1. The highest BCUT2D eigenvalue weighted by Gasteiger charge is 2.12. The van der Waals surface area contributed by atoms with Crippen LogP contribution in [-0.4, -0.2) is 23.6 Å². The third-order valence-electron chi connectivity index (χ3n) is 2.17. The third kappa shape index (κ3) is 3.47. The smallest absolute Gasteiger partial charge is 0.230 e. The number of rotatable bonds is 4. The molecule has 0 aliphatic carbocycles. The summed E-state index contributed by atoms with van der Waals surface area (Å²) in [4.78, 5) is 25.1. The van der Waals surface area contributed by atoms with Gasteiger partial charge in [0.05, 0.1) is 13.0 Å². The molecule has 1 rings (SSSR count). The summed E-state index contributed by atoms with van der Waals surface area (Å²) < 4.78 is 0. The van der Waals surface area contributed by atoms with E-state index < -0.39 is 0 Å². The zero-order valence-electron chi connectivity index (χ0n) is 9.24. The summed E-state index contributed by atoms with van der Waals surface area (Å²) in [7, 11) is 1.73. The van der Waals surface area contributed by atoms with Gasteiger partial charge in [0.15, 0.2) is 0 Å². The highest BCUT2D eigenvalue weighted by Crippen LogP contribution is 2.17. The molecule has 0 aliphatic rings. The minimum atomic E-state index is -0.115. The lowest BCUT2D eigenvalue weighted by molar-refractivity contribution is -0.134. The van der Waals surface area contributed by atoms with Gasteiger partial charge in [0.25, 0.3) is 0 Å². The van der Waals surface area contributed by atoms with E-state index in [0.29, 0.717) is 6.54 Å². The molecule has 0 aromatic carbocycles. The van der Waals surface area contributed by atoms with E-state index in [4.69, 9.17) is 0 Å². The predicted molar refractivity (Wildman–Crippen MR) is 60.8 cm³/mol. The average Bonchev–Trinajstić information content (AvgIpc) is 2.50. The van der Waals surface area contributed by atoms with Crippen LogP contribution < -0.4 is 0 Å². The highest BCUT2D eigenvalue weighted by atomic mass is 32.1. The van der Waals surface area contributed by atoms with Gasteiger partial charge in [0, 0.05) is 11.9 Å². The number of Topliss-reactive ketones (excluding diaryl/α,β-unsaturated/α-hetero) is 1. The van der Waals surface area contributed by atoms with E-state index in [-0.39, 0.29) is 18.1 Å². The number of nitrogens with zero attached hydrogens (tertiary/aromatic N) is 1. The summed E-state index contributed by atoms with van der Waals surface area (Å²) in [5, 5.41) is 2.01. The van der Waals surface area contributed by atoms with Gasteiger partial charge < -0.3 is 4.90 Å². The first-order valence-electron chi connectivity index (χ1n) is 4.77. The lowest BCUT2D eigenvalue weighted by Gasteiger charge is -2.15. The maximum atomic E-state index is 11.5. The summed E-state index contributed by atoms with van der Waals surface area (Å²) in [6.07, 6.45) is 0.000916. The standard InChI is InChI=1S/C11H15NO2S/c1-8-4-5-15-10(8)7-12(3)11(14)6-9(2)13/h4-5H,6-7H2,1-3H3. The molecule has 0 spiro atoms. The maximum absolute atomic E-state index is 11.5. The van der Waals surface area contributed by atoms with Crippen molar-refractivity contribution in [3.63, 3.8) is 0 Å². The summed E-state index contributed by atoms with van der Waals surface area (Å²) in [5.74, 6) is -0.204. The second-order valence-electron chi connectivity index (χ2n) is 3.66. The molecule has 0 unspecified atom stereocenters. The van der Waals surface area contributed by atoms with Crippen LogP contribution in [0.4, 0.5) is 0 Å². The molecular weight excluding hydrogens is 210 g/mol. The molecular formula is C11H15NO2S. The minimum absolute atomic E-state index is 0.000916. The SMILES string of the molecule is CC(=O)CC(=O)N(C)Cc1sccc1C. The van der Waals surface area contributed by atoms with Gasteiger partial charge in [-0.2, -0.15) is 0 Å². The first-order chi connectivity index (χ1) is 7.00. The van der Waals surface area contributed by atoms with Crippen molar-refractivity contribution in [1.82, 2.24) is 4.90 Å². The molecule has 1 aromatic rings. The number of carbonyl (C=O) groups is 2. The van der Waals surface area contributed by atoms with Crippen molar-refractivity contribution in [3.05, 3.63) is 21.9 Å². The Morgan fingerprint density at radius 1 is 1.47 bits per heavy atom. The Kier molecular flexibility index (Phi) is 4.03. The number of aryl methyl sites for hydroxylation is 1. The molecule has 1 amide bonds. The van der Waals surface area contributed by atoms with Gasteiger partial charge in [-0.1, -0.05) is 0 Å².